The molecule has 2 aromatic rings. The summed E-state index contributed by atoms with van der Waals surface area (Å²) in [7, 11) is 0.144. The van der Waals surface area contributed by atoms with Crippen molar-refractivity contribution in [1.82, 2.24) is 24.8 Å². The van der Waals surface area contributed by atoms with Crippen molar-refractivity contribution in [3.8, 4) is 0 Å². The van der Waals surface area contributed by atoms with Crippen LogP contribution in [0, 0.1) is 0 Å². The quantitative estimate of drug-likeness (QED) is 0.757. The predicted molar refractivity (Wildman–Crippen MR) is 77.0 cm³/mol. The summed E-state index contributed by atoms with van der Waals surface area (Å²) in [5, 5.41) is 12.4. The van der Waals surface area contributed by atoms with Crippen LogP contribution in [0.2, 0.25) is 0 Å². The first-order valence-corrected chi connectivity index (χ1v) is 8.44. The van der Waals surface area contributed by atoms with Gasteiger partial charge in [-0.2, -0.15) is 0 Å². The van der Waals surface area contributed by atoms with Crippen LogP contribution in [0.3, 0.4) is 0 Å². The van der Waals surface area contributed by atoms with Gasteiger partial charge in [0.1, 0.15) is 12.2 Å². The molecule has 2 aromatic heterocycles. The van der Waals surface area contributed by atoms with Crippen LogP contribution in [0.4, 0.5) is 0 Å². The van der Waals surface area contributed by atoms with Gasteiger partial charge in [-0.25, -0.2) is 13.1 Å². The SMILES string of the molecule is CNCc1sccc1S(=O)(=O)NCCc1nncn1C. The van der Waals surface area contributed by atoms with E-state index >= 15 is 0 Å². The summed E-state index contributed by atoms with van der Waals surface area (Å²) < 4.78 is 28.8. The van der Waals surface area contributed by atoms with E-state index in [1.54, 1.807) is 29.4 Å². The molecule has 0 bridgehead atoms. The summed E-state index contributed by atoms with van der Waals surface area (Å²) in [4.78, 5) is 1.15. The second kappa shape index (κ2) is 6.44. The van der Waals surface area contributed by atoms with Gasteiger partial charge in [0.15, 0.2) is 0 Å². The molecule has 2 rings (SSSR count). The number of aromatic nitrogens is 3. The Bertz CT molecular complexity index is 662. The molecule has 0 saturated heterocycles. The van der Waals surface area contributed by atoms with Gasteiger partial charge in [-0.15, -0.1) is 21.5 Å². The molecular weight excluding hydrogens is 298 g/mol. The lowest BCUT2D eigenvalue weighted by Gasteiger charge is -2.07. The van der Waals surface area contributed by atoms with Crippen molar-refractivity contribution in [1.29, 1.82) is 0 Å². The Labute approximate surface area is 122 Å². The largest absolute Gasteiger partial charge is 0.321 e. The number of nitrogens with one attached hydrogen (secondary N) is 2. The van der Waals surface area contributed by atoms with Crippen molar-refractivity contribution >= 4 is 21.4 Å². The highest BCUT2D eigenvalue weighted by atomic mass is 32.2. The van der Waals surface area contributed by atoms with Crippen LogP contribution in [-0.4, -0.2) is 36.8 Å². The van der Waals surface area contributed by atoms with E-state index in [0.717, 1.165) is 10.7 Å². The van der Waals surface area contributed by atoms with Crippen LogP contribution < -0.4 is 10.0 Å². The zero-order valence-corrected chi connectivity index (χ0v) is 13.0. The Morgan fingerprint density at radius 1 is 1.45 bits per heavy atom. The number of sulfonamides is 1. The highest BCUT2D eigenvalue weighted by Crippen LogP contribution is 2.21. The van der Waals surface area contributed by atoms with Gasteiger partial charge < -0.3 is 9.88 Å². The number of aryl methyl sites for hydroxylation is 1. The van der Waals surface area contributed by atoms with Gasteiger partial charge in [0.2, 0.25) is 10.0 Å². The van der Waals surface area contributed by atoms with Gasteiger partial charge in [-0.1, -0.05) is 0 Å². The summed E-state index contributed by atoms with van der Waals surface area (Å²) in [6, 6.07) is 1.63. The molecule has 0 aliphatic rings. The lowest BCUT2D eigenvalue weighted by molar-refractivity contribution is 0.579. The molecule has 20 heavy (non-hydrogen) atoms. The van der Waals surface area contributed by atoms with E-state index in [2.05, 4.69) is 20.2 Å². The average molecular weight is 315 g/mol. The molecule has 0 saturated carbocycles. The molecular formula is C11H17N5O2S2. The average Bonchev–Trinajstić information content (AvgIpc) is 3.00. The van der Waals surface area contributed by atoms with E-state index in [4.69, 9.17) is 0 Å². The number of hydrogen-bond acceptors (Lipinski definition) is 6. The van der Waals surface area contributed by atoms with Crippen molar-refractivity contribution in [2.75, 3.05) is 13.6 Å². The lowest BCUT2D eigenvalue weighted by Crippen LogP contribution is -2.27. The van der Waals surface area contributed by atoms with Crippen LogP contribution in [0.25, 0.3) is 0 Å². The van der Waals surface area contributed by atoms with Gasteiger partial charge >= 0.3 is 0 Å². The lowest BCUT2D eigenvalue weighted by atomic mass is 10.4. The molecule has 0 fully saturated rings. The number of thiophene rings is 1. The van der Waals surface area contributed by atoms with Crippen LogP contribution in [0.5, 0.6) is 0 Å². The molecule has 9 heteroatoms. The minimum absolute atomic E-state index is 0.295. The molecule has 2 N–H and O–H groups in total. The van der Waals surface area contributed by atoms with Crippen LogP contribution in [0.1, 0.15) is 10.7 Å². The Hall–Kier alpha value is -1.29. The van der Waals surface area contributed by atoms with Crippen LogP contribution in [-0.2, 0) is 30.0 Å². The number of nitrogens with zero attached hydrogens (tertiary/aromatic N) is 3. The van der Waals surface area contributed by atoms with Crippen molar-refractivity contribution in [3.63, 3.8) is 0 Å². The van der Waals surface area contributed by atoms with E-state index in [1.165, 1.54) is 11.3 Å². The molecule has 0 radical (unpaired) electrons. The van der Waals surface area contributed by atoms with Crippen molar-refractivity contribution in [3.05, 3.63) is 28.5 Å². The minimum atomic E-state index is -3.47. The molecule has 0 aliphatic heterocycles. The smallest absolute Gasteiger partial charge is 0.241 e. The normalized spacial score (nSPS) is 11.9. The summed E-state index contributed by atoms with van der Waals surface area (Å²) in [6.45, 7) is 0.834. The molecule has 2 heterocycles. The maximum Gasteiger partial charge on any atom is 0.241 e. The predicted octanol–water partition coefficient (Wildman–Crippen LogP) is 0.117. The Morgan fingerprint density at radius 3 is 2.90 bits per heavy atom. The maximum atomic E-state index is 12.2. The van der Waals surface area contributed by atoms with Crippen LogP contribution in [0.15, 0.2) is 22.7 Å². The Balaban J connectivity index is 2.00. The minimum Gasteiger partial charge on any atom is -0.321 e. The highest BCUT2D eigenvalue weighted by molar-refractivity contribution is 7.89. The molecule has 0 aromatic carbocycles. The summed E-state index contributed by atoms with van der Waals surface area (Å²) in [6.07, 6.45) is 2.09. The van der Waals surface area contributed by atoms with Gasteiger partial charge in [-0.3, -0.25) is 0 Å². The van der Waals surface area contributed by atoms with E-state index in [-0.39, 0.29) is 0 Å². The monoisotopic (exact) mass is 315 g/mol. The third-order valence-electron chi connectivity index (χ3n) is 2.78. The number of rotatable bonds is 7. The van der Waals surface area contributed by atoms with Gasteiger partial charge in [0.25, 0.3) is 0 Å². The molecule has 110 valence electrons. The molecule has 0 unspecified atom stereocenters. The molecule has 0 aliphatic carbocycles. The van der Waals surface area contributed by atoms with Gasteiger partial charge in [0.05, 0.1) is 4.90 Å². The fraction of sp³-hybridized carbons (Fsp3) is 0.455. The zero-order valence-electron chi connectivity index (χ0n) is 11.3. The second-order valence-electron chi connectivity index (χ2n) is 4.24. The topological polar surface area (TPSA) is 88.9 Å². The molecule has 0 amide bonds. The van der Waals surface area contributed by atoms with Crippen LogP contribution >= 0.6 is 11.3 Å². The summed E-state index contributed by atoms with van der Waals surface area (Å²) in [5.74, 6) is 0.744. The first-order chi connectivity index (χ1) is 9.54. The molecule has 0 spiro atoms. The Morgan fingerprint density at radius 2 is 2.25 bits per heavy atom. The highest BCUT2D eigenvalue weighted by Gasteiger charge is 2.19. The second-order valence-corrected chi connectivity index (χ2v) is 6.98. The number of hydrogen-bond donors (Lipinski definition) is 2. The third-order valence-corrected chi connectivity index (χ3v) is 5.37. The first-order valence-electron chi connectivity index (χ1n) is 6.08. The molecule has 7 nitrogen and oxygen atoms in total. The Kier molecular flexibility index (Phi) is 4.86. The van der Waals surface area contributed by atoms with Crippen molar-refractivity contribution in [2.45, 2.75) is 17.9 Å². The fourth-order valence-corrected chi connectivity index (χ4v) is 4.25. The van der Waals surface area contributed by atoms with Crippen molar-refractivity contribution in [2.24, 2.45) is 7.05 Å². The summed E-state index contributed by atoms with van der Waals surface area (Å²) >= 11 is 1.43. The fourth-order valence-electron chi connectivity index (χ4n) is 1.77. The summed E-state index contributed by atoms with van der Waals surface area (Å²) in [5.41, 5.74) is 0. The van der Waals surface area contributed by atoms with Gasteiger partial charge in [0, 0.05) is 31.4 Å². The van der Waals surface area contributed by atoms with Gasteiger partial charge in [-0.05, 0) is 18.5 Å². The molecule has 0 atom stereocenters. The van der Waals surface area contributed by atoms with E-state index in [1.807, 2.05) is 7.05 Å². The van der Waals surface area contributed by atoms with E-state index < -0.39 is 10.0 Å². The zero-order chi connectivity index (χ0) is 14.6. The van der Waals surface area contributed by atoms with E-state index in [0.29, 0.717) is 24.4 Å². The maximum absolute atomic E-state index is 12.2. The third kappa shape index (κ3) is 3.42. The standard InChI is InChI=1S/C11H17N5O2S2/c1-12-7-9-10(4-6-19-9)20(17,18)14-5-3-11-15-13-8-16(11)2/h4,6,8,12,14H,3,5,7H2,1-2H3. The van der Waals surface area contributed by atoms with Crippen molar-refractivity contribution < 1.29 is 8.42 Å². The van der Waals surface area contributed by atoms with E-state index in [9.17, 15) is 8.42 Å². The first kappa shape index (κ1) is 15.1.